The summed E-state index contributed by atoms with van der Waals surface area (Å²) in [5.74, 6) is -0.262. The van der Waals surface area contributed by atoms with Gasteiger partial charge in [0.2, 0.25) is 5.91 Å². The molecule has 1 aromatic rings. The van der Waals surface area contributed by atoms with Gasteiger partial charge in [0.05, 0.1) is 6.61 Å². The van der Waals surface area contributed by atoms with Gasteiger partial charge in [-0.3, -0.25) is 9.59 Å². The molecule has 0 radical (unpaired) electrons. The van der Waals surface area contributed by atoms with E-state index in [-0.39, 0.29) is 24.5 Å². The van der Waals surface area contributed by atoms with E-state index < -0.39 is 6.04 Å². The van der Waals surface area contributed by atoms with Crippen LogP contribution in [-0.4, -0.2) is 49.1 Å². The molecule has 1 heterocycles. The van der Waals surface area contributed by atoms with Crippen LogP contribution >= 0.6 is 0 Å². The van der Waals surface area contributed by atoms with Gasteiger partial charge in [0.25, 0.3) is 5.91 Å². The number of hydrogen-bond acceptors (Lipinski definition) is 4. The monoisotopic (exact) mass is 319 g/mol. The number of ether oxygens (including phenoxy) is 1. The number of rotatable bonds is 5. The molecule has 6 heteroatoms. The first-order valence-electron chi connectivity index (χ1n) is 7.99. The first kappa shape index (κ1) is 17.4. The quantitative estimate of drug-likeness (QED) is 0.863. The van der Waals surface area contributed by atoms with Crippen LogP contribution in [0, 0.1) is 0 Å². The molecule has 0 saturated carbocycles. The van der Waals surface area contributed by atoms with Gasteiger partial charge in [0, 0.05) is 30.9 Å². The number of amides is 2. The van der Waals surface area contributed by atoms with Crippen LogP contribution in [0.2, 0.25) is 0 Å². The summed E-state index contributed by atoms with van der Waals surface area (Å²) in [6.45, 7) is 3.06. The minimum Gasteiger partial charge on any atom is -0.383 e. The Kier molecular flexibility index (Phi) is 6.12. The Bertz CT molecular complexity index is 545. The van der Waals surface area contributed by atoms with Crippen molar-refractivity contribution in [3.05, 3.63) is 29.8 Å². The average molecular weight is 319 g/mol. The predicted octanol–water partition coefficient (Wildman–Crippen LogP) is 1.61. The molecule has 1 aliphatic rings. The average Bonchev–Trinajstić information content (AvgIpc) is 2.55. The molecule has 1 saturated heterocycles. The van der Waals surface area contributed by atoms with E-state index in [9.17, 15) is 9.59 Å². The van der Waals surface area contributed by atoms with Gasteiger partial charge in [-0.2, -0.15) is 0 Å². The minimum atomic E-state index is -0.712. The van der Waals surface area contributed by atoms with Gasteiger partial charge in [-0.05, 0) is 50.5 Å². The number of anilines is 1. The third kappa shape index (κ3) is 4.53. The van der Waals surface area contributed by atoms with Crippen LogP contribution < -0.4 is 11.1 Å². The first-order chi connectivity index (χ1) is 11.0. The Morgan fingerprint density at radius 2 is 2.04 bits per heavy atom. The summed E-state index contributed by atoms with van der Waals surface area (Å²) in [5.41, 5.74) is 6.92. The second-order valence-electron chi connectivity index (χ2n) is 5.97. The number of methoxy groups -OCH3 is 1. The Morgan fingerprint density at radius 3 is 2.65 bits per heavy atom. The van der Waals surface area contributed by atoms with Crippen molar-refractivity contribution in [2.45, 2.75) is 38.3 Å². The minimum absolute atomic E-state index is 0.0474. The summed E-state index contributed by atoms with van der Waals surface area (Å²) in [5, 5.41) is 2.71. The lowest BCUT2D eigenvalue weighted by molar-refractivity contribution is -0.118. The molecule has 23 heavy (non-hydrogen) atoms. The number of nitrogens with two attached hydrogens (primary N) is 1. The number of likely N-dealkylation sites (tertiary alicyclic amines) is 1. The van der Waals surface area contributed by atoms with Crippen LogP contribution in [0.4, 0.5) is 5.69 Å². The van der Waals surface area contributed by atoms with Gasteiger partial charge in [-0.15, -0.1) is 0 Å². The molecule has 0 spiro atoms. The molecule has 0 bridgehead atoms. The first-order valence-corrected chi connectivity index (χ1v) is 7.99. The number of nitrogens with zero attached hydrogens (tertiary/aromatic N) is 1. The fourth-order valence-electron chi connectivity index (χ4n) is 2.75. The fourth-order valence-corrected chi connectivity index (χ4v) is 2.75. The number of carbonyl (C=O) groups is 2. The molecule has 126 valence electrons. The molecule has 2 amide bonds. The maximum Gasteiger partial charge on any atom is 0.254 e. The molecule has 0 aliphatic carbocycles. The molecule has 3 N–H and O–H groups in total. The van der Waals surface area contributed by atoms with Gasteiger partial charge >= 0.3 is 0 Å². The van der Waals surface area contributed by atoms with Crippen LogP contribution in [0.25, 0.3) is 0 Å². The summed E-state index contributed by atoms with van der Waals surface area (Å²) < 4.78 is 4.85. The maximum absolute atomic E-state index is 12.5. The van der Waals surface area contributed by atoms with Crippen molar-refractivity contribution >= 4 is 17.5 Å². The van der Waals surface area contributed by atoms with E-state index in [1.807, 2.05) is 4.90 Å². The number of carbonyl (C=O) groups excluding carboxylic acids is 2. The van der Waals surface area contributed by atoms with E-state index in [0.29, 0.717) is 11.3 Å². The van der Waals surface area contributed by atoms with Crippen LogP contribution in [0.1, 0.15) is 36.5 Å². The Hall–Kier alpha value is -1.92. The molecule has 6 nitrogen and oxygen atoms in total. The van der Waals surface area contributed by atoms with Crippen molar-refractivity contribution in [3.63, 3.8) is 0 Å². The smallest absolute Gasteiger partial charge is 0.254 e. The molecular weight excluding hydrogens is 294 g/mol. The van der Waals surface area contributed by atoms with Crippen LogP contribution in [0.5, 0.6) is 0 Å². The van der Waals surface area contributed by atoms with E-state index in [0.717, 1.165) is 19.4 Å². The Balaban J connectivity index is 1.98. The highest BCUT2D eigenvalue weighted by Crippen LogP contribution is 2.20. The largest absolute Gasteiger partial charge is 0.383 e. The van der Waals surface area contributed by atoms with E-state index in [4.69, 9.17) is 10.5 Å². The van der Waals surface area contributed by atoms with Gasteiger partial charge in [0.15, 0.2) is 0 Å². The van der Waals surface area contributed by atoms with Gasteiger partial charge < -0.3 is 20.7 Å². The van der Waals surface area contributed by atoms with Gasteiger partial charge in [-0.25, -0.2) is 0 Å². The lowest BCUT2D eigenvalue weighted by Gasteiger charge is -2.33. The second kappa shape index (κ2) is 8.08. The molecule has 0 aromatic heterocycles. The van der Waals surface area contributed by atoms with Crippen molar-refractivity contribution in [3.8, 4) is 0 Å². The molecule has 1 fully saturated rings. The van der Waals surface area contributed by atoms with Crippen molar-refractivity contribution in [2.75, 3.05) is 25.6 Å². The number of piperidine rings is 1. The highest BCUT2D eigenvalue weighted by Gasteiger charge is 2.24. The summed E-state index contributed by atoms with van der Waals surface area (Å²) in [6.07, 6.45) is 3.29. The van der Waals surface area contributed by atoms with Gasteiger partial charge in [0.1, 0.15) is 6.04 Å². The predicted molar refractivity (Wildman–Crippen MR) is 89.3 cm³/mol. The van der Waals surface area contributed by atoms with Crippen LogP contribution in [0.15, 0.2) is 24.3 Å². The van der Waals surface area contributed by atoms with E-state index in [1.54, 1.807) is 24.3 Å². The van der Waals surface area contributed by atoms with Crippen LogP contribution in [-0.2, 0) is 9.53 Å². The molecule has 2 unspecified atom stereocenters. The Labute approximate surface area is 137 Å². The highest BCUT2D eigenvalue weighted by molar-refractivity contribution is 5.97. The molecular formula is C17H25N3O3. The van der Waals surface area contributed by atoms with Crippen LogP contribution in [0.3, 0.4) is 0 Å². The standard InChI is InChI=1S/C17H25N3O3/c1-12-5-3-4-10-20(12)17(22)13-6-8-14(9-7-13)19-16(21)15(18)11-23-2/h6-9,12,15H,3-5,10-11,18H2,1-2H3,(H,19,21). The van der Waals surface area contributed by atoms with Gasteiger partial charge in [-0.1, -0.05) is 0 Å². The second-order valence-corrected chi connectivity index (χ2v) is 5.97. The third-order valence-electron chi connectivity index (χ3n) is 4.15. The summed E-state index contributed by atoms with van der Waals surface area (Å²) in [7, 11) is 1.50. The Morgan fingerprint density at radius 1 is 1.35 bits per heavy atom. The molecule has 1 aromatic carbocycles. The fraction of sp³-hybridized carbons (Fsp3) is 0.529. The maximum atomic E-state index is 12.5. The third-order valence-corrected chi connectivity index (χ3v) is 4.15. The molecule has 2 atom stereocenters. The zero-order valence-electron chi connectivity index (χ0n) is 13.7. The van der Waals surface area contributed by atoms with E-state index in [1.165, 1.54) is 13.5 Å². The van der Waals surface area contributed by atoms with E-state index >= 15 is 0 Å². The zero-order valence-corrected chi connectivity index (χ0v) is 13.7. The summed E-state index contributed by atoms with van der Waals surface area (Å²) in [6, 6.07) is 6.49. The lowest BCUT2D eigenvalue weighted by atomic mass is 10.0. The topological polar surface area (TPSA) is 84.7 Å². The molecule has 2 rings (SSSR count). The van der Waals surface area contributed by atoms with Crippen molar-refractivity contribution in [2.24, 2.45) is 5.73 Å². The highest BCUT2D eigenvalue weighted by atomic mass is 16.5. The summed E-state index contributed by atoms with van der Waals surface area (Å²) >= 11 is 0. The van der Waals surface area contributed by atoms with Crippen molar-refractivity contribution in [1.82, 2.24) is 4.90 Å². The van der Waals surface area contributed by atoms with E-state index in [2.05, 4.69) is 12.2 Å². The summed E-state index contributed by atoms with van der Waals surface area (Å²) in [4.78, 5) is 26.3. The zero-order chi connectivity index (χ0) is 16.8. The number of benzene rings is 1. The molecule has 1 aliphatic heterocycles. The van der Waals surface area contributed by atoms with Crippen molar-refractivity contribution in [1.29, 1.82) is 0 Å². The lowest BCUT2D eigenvalue weighted by Crippen LogP contribution is -2.42. The van der Waals surface area contributed by atoms with Crippen molar-refractivity contribution < 1.29 is 14.3 Å². The number of nitrogens with one attached hydrogen (secondary N) is 1. The normalized spacial score (nSPS) is 19.3. The number of hydrogen-bond donors (Lipinski definition) is 2. The SMILES string of the molecule is COCC(N)C(=O)Nc1ccc(C(=O)N2CCCCC2C)cc1.